The second-order valence-corrected chi connectivity index (χ2v) is 5.56. The summed E-state index contributed by atoms with van der Waals surface area (Å²) in [5.41, 5.74) is 4.02. The van der Waals surface area contributed by atoms with E-state index < -0.39 is 5.82 Å². The molecule has 0 amide bonds. The molecule has 0 aliphatic carbocycles. The van der Waals surface area contributed by atoms with E-state index in [1.165, 1.54) is 29.8 Å². The fraction of sp³-hybridized carbons (Fsp3) is 0.133. The Morgan fingerprint density at radius 3 is 2.96 bits per heavy atom. The number of hydrazine groups is 1. The Labute approximate surface area is 135 Å². The molecule has 2 heterocycles. The lowest BCUT2D eigenvalue weighted by Crippen LogP contribution is -2.08. The highest BCUT2D eigenvalue weighted by atomic mass is 32.1. The normalized spacial score (nSPS) is 10.5. The van der Waals surface area contributed by atoms with Crippen molar-refractivity contribution < 1.29 is 9.13 Å². The number of nitrogens with one attached hydrogen (secondary N) is 1. The molecule has 0 aliphatic rings. The maximum absolute atomic E-state index is 13.5. The summed E-state index contributed by atoms with van der Waals surface area (Å²) in [6.07, 6.45) is 1.34. The number of hydrogen-bond acceptors (Lipinski definition) is 7. The molecule has 0 fully saturated rings. The molecule has 0 atom stereocenters. The van der Waals surface area contributed by atoms with Crippen molar-refractivity contribution in [1.82, 2.24) is 9.97 Å². The highest BCUT2D eigenvalue weighted by Crippen LogP contribution is 2.43. The van der Waals surface area contributed by atoms with E-state index in [4.69, 9.17) is 10.6 Å². The molecule has 116 valence electrons. The number of hydrogen-bond donors (Lipinski definition) is 2. The highest BCUT2D eigenvalue weighted by molar-refractivity contribution is 7.23. The minimum absolute atomic E-state index is 0.380. The van der Waals surface area contributed by atoms with Crippen molar-refractivity contribution in [1.29, 1.82) is 5.26 Å². The van der Waals surface area contributed by atoms with Crippen LogP contribution in [0.25, 0.3) is 20.7 Å². The van der Waals surface area contributed by atoms with Crippen molar-refractivity contribution in [3.8, 4) is 22.3 Å². The van der Waals surface area contributed by atoms with Gasteiger partial charge < -0.3 is 10.2 Å². The lowest BCUT2D eigenvalue weighted by Gasteiger charge is -2.09. The number of anilines is 1. The van der Waals surface area contributed by atoms with Crippen molar-refractivity contribution >= 4 is 27.4 Å². The van der Waals surface area contributed by atoms with Crippen LogP contribution in [0.5, 0.6) is 5.75 Å². The molecule has 0 bridgehead atoms. The standard InChI is InChI=1S/C15H12FN5OS/c1-2-22-11-5-8(16)3-4-9(11)13-10(6-17)12-14(23-13)15(21-18)20-7-19-12/h3-5,7H,2,18H2,1H3,(H,19,20,21). The van der Waals surface area contributed by atoms with Crippen LogP contribution in [0.3, 0.4) is 0 Å². The van der Waals surface area contributed by atoms with Crippen LogP contribution in [0.15, 0.2) is 24.5 Å². The Morgan fingerprint density at radius 2 is 2.26 bits per heavy atom. The zero-order valence-corrected chi connectivity index (χ0v) is 12.9. The summed E-state index contributed by atoms with van der Waals surface area (Å²) in [4.78, 5) is 8.85. The summed E-state index contributed by atoms with van der Waals surface area (Å²) < 4.78 is 19.7. The van der Waals surface area contributed by atoms with Crippen LogP contribution < -0.4 is 16.0 Å². The van der Waals surface area contributed by atoms with Crippen molar-refractivity contribution in [3.05, 3.63) is 35.9 Å². The monoisotopic (exact) mass is 329 g/mol. The number of nitrogen functional groups attached to an aromatic ring is 1. The quantitative estimate of drug-likeness (QED) is 0.564. The minimum atomic E-state index is -0.402. The topological polar surface area (TPSA) is 96.8 Å². The number of rotatable bonds is 4. The van der Waals surface area contributed by atoms with Gasteiger partial charge in [0.2, 0.25) is 0 Å². The summed E-state index contributed by atoms with van der Waals surface area (Å²) in [6, 6.07) is 6.38. The number of fused-ring (bicyclic) bond motifs is 1. The van der Waals surface area contributed by atoms with Crippen LogP contribution in [0.2, 0.25) is 0 Å². The first kappa shape index (κ1) is 15.1. The lowest BCUT2D eigenvalue weighted by molar-refractivity contribution is 0.340. The molecular formula is C15H12FN5OS. The number of benzene rings is 1. The average Bonchev–Trinajstić information content (AvgIpc) is 2.93. The van der Waals surface area contributed by atoms with Gasteiger partial charge in [-0.2, -0.15) is 5.26 Å². The minimum Gasteiger partial charge on any atom is -0.493 e. The number of nitrogens with zero attached hydrogens (tertiary/aromatic N) is 3. The zero-order valence-electron chi connectivity index (χ0n) is 12.1. The van der Waals surface area contributed by atoms with E-state index in [1.807, 2.05) is 6.92 Å². The summed E-state index contributed by atoms with van der Waals surface area (Å²) in [5, 5.41) is 9.54. The molecule has 0 saturated carbocycles. The third-order valence-electron chi connectivity index (χ3n) is 3.21. The second kappa shape index (κ2) is 6.16. The first-order valence-corrected chi connectivity index (χ1v) is 7.58. The Kier molecular flexibility index (Phi) is 4.06. The largest absolute Gasteiger partial charge is 0.493 e. The van der Waals surface area contributed by atoms with Gasteiger partial charge in [-0.15, -0.1) is 11.3 Å². The first-order valence-electron chi connectivity index (χ1n) is 6.76. The van der Waals surface area contributed by atoms with Crippen LogP contribution in [0.1, 0.15) is 12.5 Å². The van der Waals surface area contributed by atoms with Gasteiger partial charge in [0.1, 0.15) is 29.5 Å². The Morgan fingerprint density at radius 1 is 1.43 bits per heavy atom. The van der Waals surface area contributed by atoms with Gasteiger partial charge in [0.25, 0.3) is 0 Å². The van der Waals surface area contributed by atoms with Crippen LogP contribution in [0, 0.1) is 17.1 Å². The van der Waals surface area contributed by atoms with Gasteiger partial charge in [-0.25, -0.2) is 20.2 Å². The third kappa shape index (κ3) is 2.56. The van der Waals surface area contributed by atoms with E-state index in [1.54, 1.807) is 6.07 Å². The molecule has 23 heavy (non-hydrogen) atoms. The van der Waals surface area contributed by atoms with Crippen LogP contribution in [0.4, 0.5) is 10.2 Å². The van der Waals surface area contributed by atoms with Gasteiger partial charge in [-0.3, -0.25) is 0 Å². The molecular weight excluding hydrogens is 317 g/mol. The highest BCUT2D eigenvalue weighted by Gasteiger charge is 2.20. The van der Waals surface area contributed by atoms with E-state index in [0.717, 1.165) is 0 Å². The molecule has 0 spiro atoms. The number of halogens is 1. The fourth-order valence-electron chi connectivity index (χ4n) is 2.26. The van der Waals surface area contributed by atoms with Crippen molar-refractivity contribution in [2.45, 2.75) is 6.92 Å². The molecule has 2 aromatic heterocycles. The average molecular weight is 329 g/mol. The maximum Gasteiger partial charge on any atom is 0.161 e. The van der Waals surface area contributed by atoms with E-state index in [-0.39, 0.29) is 0 Å². The fourth-order valence-corrected chi connectivity index (χ4v) is 3.45. The van der Waals surface area contributed by atoms with Crippen molar-refractivity contribution in [3.63, 3.8) is 0 Å². The van der Waals surface area contributed by atoms with Crippen molar-refractivity contribution in [2.24, 2.45) is 5.84 Å². The molecule has 8 heteroatoms. The smallest absolute Gasteiger partial charge is 0.161 e. The van der Waals surface area contributed by atoms with Gasteiger partial charge in [0, 0.05) is 11.6 Å². The summed E-state index contributed by atoms with van der Waals surface area (Å²) in [5.74, 6) is 5.87. The Balaban J connectivity index is 2.31. The molecule has 6 nitrogen and oxygen atoms in total. The van der Waals surface area contributed by atoms with Gasteiger partial charge >= 0.3 is 0 Å². The maximum atomic E-state index is 13.5. The van der Waals surface area contributed by atoms with Crippen LogP contribution in [-0.2, 0) is 0 Å². The second-order valence-electron chi connectivity index (χ2n) is 4.54. The van der Waals surface area contributed by atoms with E-state index in [2.05, 4.69) is 21.5 Å². The molecule has 3 aromatic rings. The first-order chi connectivity index (χ1) is 11.2. The molecule has 0 saturated heterocycles. The molecule has 0 radical (unpaired) electrons. The zero-order chi connectivity index (χ0) is 16.4. The predicted octanol–water partition coefficient (Wildman–Crippen LogP) is 3.05. The van der Waals surface area contributed by atoms with E-state index in [9.17, 15) is 9.65 Å². The SMILES string of the molecule is CCOc1cc(F)ccc1-c1sc2c(NN)ncnc2c1C#N. The Bertz CT molecular complexity index is 918. The lowest BCUT2D eigenvalue weighted by atomic mass is 10.1. The molecule has 0 unspecified atom stereocenters. The van der Waals surface area contributed by atoms with Gasteiger partial charge in [0.05, 0.1) is 21.7 Å². The number of thiophene rings is 1. The summed E-state index contributed by atoms with van der Waals surface area (Å²) in [7, 11) is 0. The van der Waals surface area contributed by atoms with Crippen molar-refractivity contribution in [2.75, 3.05) is 12.0 Å². The number of nitriles is 1. The number of aromatic nitrogens is 2. The van der Waals surface area contributed by atoms with Gasteiger partial charge in [-0.1, -0.05) is 0 Å². The summed E-state index contributed by atoms with van der Waals surface area (Å²) in [6.45, 7) is 2.20. The molecule has 3 rings (SSSR count). The number of nitrogens with two attached hydrogens (primary N) is 1. The van der Waals surface area contributed by atoms with Gasteiger partial charge in [0.15, 0.2) is 5.82 Å². The van der Waals surface area contributed by atoms with E-state index >= 15 is 0 Å². The number of ether oxygens (including phenoxy) is 1. The molecule has 1 aromatic carbocycles. The predicted molar refractivity (Wildman–Crippen MR) is 86.5 cm³/mol. The summed E-state index contributed by atoms with van der Waals surface area (Å²) >= 11 is 1.31. The van der Waals surface area contributed by atoms with Gasteiger partial charge in [-0.05, 0) is 19.1 Å². The van der Waals surface area contributed by atoms with Crippen LogP contribution >= 0.6 is 11.3 Å². The molecule has 3 N–H and O–H groups in total. The third-order valence-corrected chi connectivity index (χ3v) is 4.43. The van der Waals surface area contributed by atoms with Crippen LogP contribution in [-0.4, -0.2) is 16.6 Å². The molecule has 0 aliphatic heterocycles. The van der Waals surface area contributed by atoms with E-state index in [0.29, 0.717) is 44.4 Å². The Hall–Kier alpha value is -2.76.